The second-order valence-electron chi connectivity index (χ2n) is 2.43. The van der Waals surface area contributed by atoms with Crippen LogP contribution in [-0.2, 0) is 17.3 Å². The van der Waals surface area contributed by atoms with Crippen molar-refractivity contribution in [3.63, 3.8) is 0 Å². The van der Waals surface area contributed by atoms with Crippen LogP contribution in [0, 0.1) is 20.8 Å². The molecule has 0 aromatic heterocycles. The third kappa shape index (κ3) is 3.79. The Morgan fingerprint density at radius 1 is 1.27 bits per heavy atom. The maximum atomic E-state index is 4.76. The summed E-state index contributed by atoms with van der Waals surface area (Å²) < 4.78 is 0. The normalized spacial score (nSPS) is 8.45. The Balaban J connectivity index is 0.000000461. The van der Waals surface area contributed by atoms with Crippen molar-refractivity contribution in [2.45, 2.75) is 13.8 Å². The van der Waals surface area contributed by atoms with E-state index in [2.05, 4.69) is 32.9 Å². The fraction of sp³-hybridized carbons (Fsp3) is 0.222. The van der Waals surface area contributed by atoms with Crippen molar-refractivity contribution in [2.24, 2.45) is 0 Å². The van der Waals surface area contributed by atoms with Gasteiger partial charge in [-0.3, -0.25) is 0 Å². The van der Waals surface area contributed by atoms with Crippen molar-refractivity contribution < 1.29 is 17.3 Å². The van der Waals surface area contributed by atoms with Crippen LogP contribution in [0.4, 0.5) is 0 Å². The molecule has 0 unspecified atom stereocenters. The summed E-state index contributed by atoms with van der Waals surface area (Å²) in [5, 5.41) is 0. The van der Waals surface area contributed by atoms with Crippen molar-refractivity contribution >= 4 is 9.69 Å². The number of aryl methyl sites for hydroxylation is 2. The van der Waals surface area contributed by atoms with Crippen molar-refractivity contribution in [1.29, 1.82) is 0 Å². The van der Waals surface area contributed by atoms with Crippen molar-refractivity contribution in [3.8, 4) is 0 Å². The summed E-state index contributed by atoms with van der Waals surface area (Å²) in [6, 6.07) is 6.27. The van der Waals surface area contributed by atoms with Gasteiger partial charge in [0.1, 0.15) is 0 Å². The molecule has 0 heterocycles. The second kappa shape index (κ2) is 5.63. The number of benzene rings is 1. The molecule has 2 heteroatoms. The van der Waals surface area contributed by atoms with E-state index >= 15 is 0 Å². The molecule has 0 saturated carbocycles. The van der Waals surface area contributed by atoms with Gasteiger partial charge in [-0.1, -0.05) is 12.5 Å². The third-order valence-corrected chi connectivity index (χ3v) is 1.50. The monoisotopic (exact) mass is 218 g/mol. The molecule has 11 heavy (non-hydrogen) atoms. The SMILES string of the molecule is [CH2-]c1ccc(C)cc1C.[Cl][Zn+]. The van der Waals surface area contributed by atoms with Crippen LogP contribution in [0.2, 0.25) is 0 Å². The summed E-state index contributed by atoms with van der Waals surface area (Å²) in [7, 11) is 4.76. The zero-order chi connectivity index (χ0) is 8.85. The molecule has 0 radical (unpaired) electrons. The zero-order valence-corrected chi connectivity index (χ0v) is 10.7. The average Bonchev–Trinajstić information content (AvgIpc) is 2.02. The molecule has 0 saturated heterocycles. The van der Waals surface area contributed by atoms with Crippen molar-refractivity contribution in [3.05, 3.63) is 41.8 Å². The third-order valence-electron chi connectivity index (χ3n) is 1.50. The van der Waals surface area contributed by atoms with E-state index in [0.29, 0.717) is 0 Å². The van der Waals surface area contributed by atoms with Crippen LogP contribution in [0.1, 0.15) is 16.7 Å². The first-order chi connectivity index (χ1) is 5.20. The van der Waals surface area contributed by atoms with Gasteiger partial charge in [-0.15, -0.1) is 12.1 Å². The van der Waals surface area contributed by atoms with Crippen LogP contribution in [0.3, 0.4) is 0 Å². The van der Waals surface area contributed by atoms with Gasteiger partial charge in [0.15, 0.2) is 0 Å². The summed E-state index contributed by atoms with van der Waals surface area (Å²) in [6.45, 7) is 8.03. The molecular formula is C9H11ClZn. The molecule has 0 amide bonds. The second-order valence-corrected chi connectivity index (χ2v) is 2.43. The molecule has 0 atom stereocenters. The molecule has 0 aliphatic rings. The van der Waals surface area contributed by atoms with Gasteiger partial charge >= 0.3 is 27.0 Å². The molecule has 56 valence electrons. The Morgan fingerprint density at radius 3 is 2.18 bits per heavy atom. The number of hydrogen-bond acceptors (Lipinski definition) is 0. The molecular weight excluding hydrogens is 209 g/mol. The van der Waals surface area contributed by atoms with E-state index in [-0.39, 0.29) is 0 Å². The van der Waals surface area contributed by atoms with E-state index < -0.39 is 0 Å². The van der Waals surface area contributed by atoms with Gasteiger partial charge in [-0.05, 0) is 6.92 Å². The van der Waals surface area contributed by atoms with E-state index in [4.69, 9.17) is 9.69 Å². The van der Waals surface area contributed by atoms with Gasteiger partial charge in [-0.25, -0.2) is 0 Å². The van der Waals surface area contributed by atoms with Gasteiger partial charge in [0.2, 0.25) is 0 Å². The minimum absolute atomic E-state index is 0.847. The van der Waals surface area contributed by atoms with Crippen molar-refractivity contribution in [2.75, 3.05) is 0 Å². The van der Waals surface area contributed by atoms with Crippen LogP contribution in [-0.4, -0.2) is 0 Å². The summed E-state index contributed by atoms with van der Waals surface area (Å²) in [5.41, 5.74) is 3.70. The van der Waals surface area contributed by atoms with E-state index in [1.165, 1.54) is 11.1 Å². The summed E-state index contributed by atoms with van der Waals surface area (Å²) in [6.07, 6.45) is 0. The maximum absolute atomic E-state index is 4.76. The van der Waals surface area contributed by atoms with E-state index in [9.17, 15) is 0 Å². The first-order valence-corrected chi connectivity index (χ1v) is 7.26. The Labute approximate surface area is 82.7 Å². The molecule has 1 aromatic rings. The van der Waals surface area contributed by atoms with Crippen molar-refractivity contribution in [1.82, 2.24) is 0 Å². The standard InChI is InChI=1S/C9H11.ClH.Zn/c1-7-4-5-8(2)9(3)6-7;;/h4-6H,2H2,1,3H3;1H;/q-1;;+2/p-1. The predicted molar refractivity (Wildman–Crippen MR) is 46.2 cm³/mol. The van der Waals surface area contributed by atoms with Crippen LogP contribution >= 0.6 is 9.69 Å². The Hall–Kier alpha value is 0.00338. The quantitative estimate of drug-likeness (QED) is 0.465. The minimum atomic E-state index is 0.847. The Bertz CT molecular complexity index is 221. The zero-order valence-electron chi connectivity index (χ0n) is 7.02. The molecule has 0 nitrogen and oxygen atoms in total. The van der Waals surface area contributed by atoms with E-state index in [0.717, 1.165) is 22.9 Å². The van der Waals surface area contributed by atoms with Crippen LogP contribution in [0.25, 0.3) is 0 Å². The summed E-state index contributed by atoms with van der Waals surface area (Å²) >= 11 is 0.847. The van der Waals surface area contributed by atoms with Crippen LogP contribution in [0.15, 0.2) is 18.2 Å². The first-order valence-electron chi connectivity index (χ1n) is 3.36. The number of hydrogen-bond donors (Lipinski definition) is 0. The van der Waals surface area contributed by atoms with Gasteiger partial charge in [0.05, 0.1) is 0 Å². The summed E-state index contributed by atoms with van der Waals surface area (Å²) in [5.74, 6) is 0. The summed E-state index contributed by atoms with van der Waals surface area (Å²) in [4.78, 5) is 0. The van der Waals surface area contributed by atoms with E-state index in [1.807, 2.05) is 6.07 Å². The van der Waals surface area contributed by atoms with Crippen LogP contribution < -0.4 is 0 Å². The number of rotatable bonds is 0. The predicted octanol–water partition coefficient (Wildman–Crippen LogP) is 3.17. The molecule has 0 fully saturated rings. The molecule has 0 aliphatic carbocycles. The molecule has 0 aliphatic heterocycles. The van der Waals surface area contributed by atoms with E-state index in [1.54, 1.807) is 0 Å². The van der Waals surface area contributed by atoms with Gasteiger partial charge in [-0.2, -0.15) is 24.1 Å². The molecule has 1 rings (SSSR count). The first kappa shape index (κ1) is 11.0. The molecule has 0 bridgehead atoms. The number of halogens is 1. The van der Waals surface area contributed by atoms with Crippen LogP contribution in [0.5, 0.6) is 0 Å². The van der Waals surface area contributed by atoms with Gasteiger partial charge in [0, 0.05) is 0 Å². The molecule has 1 aromatic carbocycles. The topological polar surface area (TPSA) is 0 Å². The molecule has 0 N–H and O–H groups in total. The molecule has 0 spiro atoms. The Morgan fingerprint density at radius 2 is 1.82 bits per heavy atom. The fourth-order valence-electron chi connectivity index (χ4n) is 0.846. The fourth-order valence-corrected chi connectivity index (χ4v) is 0.846. The van der Waals surface area contributed by atoms with Gasteiger partial charge in [0.25, 0.3) is 0 Å². The van der Waals surface area contributed by atoms with Gasteiger partial charge < -0.3 is 0 Å². The Kier molecular flexibility index (Phi) is 5.63. The average molecular weight is 220 g/mol.